The molecule has 0 aromatic rings. The van der Waals surface area contributed by atoms with Crippen LogP contribution >= 0.6 is 21.6 Å². The third kappa shape index (κ3) is 9.41. The molecule has 0 spiro atoms. The molecule has 0 saturated carbocycles. The van der Waals surface area contributed by atoms with E-state index in [1.165, 1.54) is 10.8 Å². The molecule has 0 radical (unpaired) electrons. The van der Waals surface area contributed by atoms with Crippen molar-refractivity contribution in [3.05, 3.63) is 12.7 Å². The Balaban J connectivity index is 4.11. The third-order valence-electron chi connectivity index (χ3n) is 1.75. The van der Waals surface area contributed by atoms with E-state index in [0.29, 0.717) is 12.2 Å². The molecule has 1 atom stereocenters. The molecule has 0 bridgehead atoms. The molecule has 104 valence electrons. The van der Waals surface area contributed by atoms with Gasteiger partial charge in [0.05, 0.1) is 0 Å². The topological polar surface area (TPSA) is 66.4 Å². The van der Waals surface area contributed by atoms with Gasteiger partial charge in [0.2, 0.25) is 5.91 Å². The van der Waals surface area contributed by atoms with Crippen LogP contribution in [0, 0.1) is 0 Å². The Hall–Kier alpha value is -0.620. The number of hydrogen-bond acceptors (Lipinski definition) is 4. The maximum Gasteiger partial charge on any atom is 0.327 e. The number of rotatable bonds is 8. The van der Waals surface area contributed by atoms with Gasteiger partial charge in [-0.3, -0.25) is 4.79 Å². The zero-order valence-electron chi connectivity index (χ0n) is 11.1. The van der Waals surface area contributed by atoms with Crippen LogP contribution < -0.4 is 5.32 Å². The second-order valence-electron chi connectivity index (χ2n) is 4.77. The quantitative estimate of drug-likeness (QED) is 0.531. The lowest BCUT2D eigenvalue weighted by Crippen LogP contribution is -2.42. The molecule has 0 aliphatic carbocycles. The minimum Gasteiger partial charge on any atom is -0.480 e. The van der Waals surface area contributed by atoms with E-state index in [2.05, 4.69) is 32.7 Å². The van der Waals surface area contributed by atoms with Gasteiger partial charge in [-0.15, -0.1) is 6.58 Å². The maximum atomic E-state index is 11.4. The Morgan fingerprint density at radius 1 is 1.44 bits per heavy atom. The van der Waals surface area contributed by atoms with Crippen LogP contribution in [0.15, 0.2) is 12.7 Å². The zero-order valence-corrected chi connectivity index (χ0v) is 12.7. The first kappa shape index (κ1) is 17.4. The van der Waals surface area contributed by atoms with Crippen LogP contribution in [0.1, 0.15) is 33.6 Å². The number of allylic oxidation sites excluding steroid dienone is 1. The molecule has 0 heterocycles. The highest BCUT2D eigenvalue weighted by atomic mass is 33.1. The molecule has 0 saturated heterocycles. The van der Waals surface area contributed by atoms with E-state index in [1.54, 1.807) is 16.9 Å². The molecule has 0 rings (SSSR count). The van der Waals surface area contributed by atoms with Crippen molar-refractivity contribution in [2.24, 2.45) is 0 Å². The van der Waals surface area contributed by atoms with Crippen molar-refractivity contribution in [2.45, 2.75) is 44.4 Å². The molecule has 1 unspecified atom stereocenters. The monoisotopic (exact) mass is 291 g/mol. The summed E-state index contributed by atoms with van der Waals surface area (Å²) in [4.78, 5) is 22.4. The predicted octanol–water partition coefficient (Wildman–Crippen LogP) is 2.70. The Kier molecular flexibility index (Phi) is 8.18. The lowest BCUT2D eigenvalue weighted by atomic mass is 10.2. The Morgan fingerprint density at radius 2 is 2.06 bits per heavy atom. The van der Waals surface area contributed by atoms with Crippen molar-refractivity contribution >= 4 is 33.5 Å². The van der Waals surface area contributed by atoms with Gasteiger partial charge in [-0.25, -0.2) is 4.79 Å². The molecule has 4 nitrogen and oxygen atoms in total. The SMILES string of the molecule is C=CCCC(=O)NC(CSSC(C)(C)C)C(=O)O. The van der Waals surface area contributed by atoms with Crippen LogP contribution in [0.25, 0.3) is 0 Å². The van der Waals surface area contributed by atoms with Crippen molar-refractivity contribution in [3.63, 3.8) is 0 Å². The number of carbonyl (C=O) groups excluding carboxylic acids is 1. The third-order valence-corrected chi connectivity index (χ3v) is 5.10. The highest BCUT2D eigenvalue weighted by Gasteiger charge is 2.21. The van der Waals surface area contributed by atoms with E-state index < -0.39 is 12.0 Å². The first-order valence-corrected chi connectivity index (χ1v) is 8.02. The molecule has 0 fully saturated rings. The number of carboxylic acid groups (broad SMARTS) is 1. The minimum atomic E-state index is -0.996. The molecule has 6 heteroatoms. The lowest BCUT2D eigenvalue weighted by molar-refractivity contribution is -0.141. The summed E-state index contributed by atoms with van der Waals surface area (Å²) in [6.07, 6.45) is 2.48. The van der Waals surface area contributed by atoms with Gasteiger partial charge in [0, 0.05) is 16.9 Å². The van der Waals surface area contributed by atoms with E-state index in [4.69, 9.17) is 5.11 Å². The Morgan fingerprint density at radius 3 is 2.50 bits per heavy atom. The van der Waals surface area contributed by atoms with Gasteiger partial charge < -0.3 is 10.4 Å². The summed E-state index contributed by atoms with van der Waals surface area (Å²) in [7, 11) is 3.07. The van der Waals surface area contributed by atoms with Gasteiger partial charge in [0.15, 0.2) is 0 Å². The van der Waals surface area contributed by atoms with Gasteiger partial charge in [-0.05, 0) is 6.42 Å². The number of amides is 1. The number of nitrogens with one attached hydrogen (secondary N) is 1. The summed E-state index contributed by atoms with van der Waals surface area (Å²) in [5.74, 6) is -0.885. The fraction of sp³-hybridized carbons (Fsp3) is 0.667. The summed E-state index contributed by atoms with van der Waals surface area (Å²) in [5.41, 5.74) is 0. The Labute approximate surface area is 116 Å². The van der Waals surface area contributed by atoms with E-state index in [1.807, 2.05) is 0 Å². The second-order valence-corrected chi connectivity index (χ2v) is 7.93. The molecule has 18 heavy (non-hydrogen) atoms. The van der Waals surface area contributed by atoms with E-state index in [-0.39, 0.29) is 17.1 Å². The fourth-order valence-corrected chi connectivity index (χ4v) is 3.41. The lowest BCUT2D eigenvalue weighted by Gasteiger charge is -2.19. The number of carbonyl (C=O) groups is 2. The molecule has 0 aliphatic heterocycles. The summed E-state index contributed by atoms with van der Waals surface area (Å²) in [6.45, 7) is 9.70. The summed E-state index contributed by atoms with van der Waals surface area (Å²) in [6, 6.07) is -0.831. The van der Waals surface area contributed by atoms with Gasteiger partial charge in [-0.2, -0.15) is 0 Å². The van der Waals surface area contributed by atoms with Crippen LogP contribution in [0.2, 0.25) is 0 Å². The summed E-state index contributed by atoms with van der Waals surface area (Å²) < 4.78 is 0.0700. The summed E-state index contributed by atoms with van der Waals surface area (Å²) in [5, 5.41) is 11.5. The maximum absolute atomic E-state index is 11.4. The fourth-order valence-electron chi connectivity index (χ4n) is 0.953. The summed E-state index contributed by atoms with van der Waals surface area (Å²) >= 11 is 0. The van der Waals surface area contributed by atoms with E-state index >= 15 is 0 Å². The van der Waals surface area contributed by atoms with Crippen LogP contribution in [0.3, 0.4) is 0 Å². The number of carboxylic acids is 1. The van der Waals surface area contributed by atoms with Gasteiger partial charge in [0.25, 0.3) is 0 Å². The van der Waals surface area contributed by atoms with Crippen LogP contribution in [-0.4, -0.2) is 33.5 Å². The van der Waals surface area contributed by atoms with Gasteiger partial charge in [0.1, 0.15) is 6.04 Å². The van der Waals surface area contributed by atoms with Crippen molar-refractivity contribution in [1.82, 2.24) is 5.32 Å². The van der Waals surface area contributed by atoms with Crippen molar-refractivity contribution in [2.75, 3.05) is 5.75 Å². The van der Waals surface area contributed by atoms with Crippen molar-refractivity contribution in [3.8, 4) is 0 Å². The molecule has 0 aromatic carbocycles. The van der Waals surface area contributed by atoms with Crippen LogP contribution in [0.5, 0.6) is 0 Å². The average molecular weight is 291 g/mol. The van der Waals surface area contributed by atoms with Crippen LogP contribution in [0.4, 0.5) is 0 Å². The number of aliphatic carboxylic acids is 1. The second kappa shape index (κ2) is 8.48. The van der Waals surface area contributed by atoms with E-state index in [9.17, 15) is 9.59 Å². The van der Waals surface area contributed by atoms with Crippen molar-refractivity contribution < 1.29 is 14.7 Å². The molecular weight excluding hydrogens is 270 g/mol. The first-order valence-electron chi connectivity index (χ1n) is 5.70. The first-order chi connectivity index (χ1) is 8.26. The van der Waals surface area contributed by atoms with Gasteiger partial charge >= 0.3 is 5.97 Å². The largest absolute Gasteiger partial charge is 0.480 e. The highest BCUT2D eigenvalue weighted by molar-refractivity contribution is 8.77. The van der Waals surface area contributed by atoms with Gasteiger partial charge in [-0.1, -0.05) is 48.4 Å². The number of hydrogen-bond donors (Lipinski definition) is 2. The normalized spacial score (nSPS) is 12.8. The smallest absolute Gasteiger partial charge is 0.327 e. The van der Waals surface area contributed by atoms with E-state index in [0.717, 1.165) is 0 Å². The zero-order chi connectivity index (χ0) is 14.2. The molecular formula is C12H21NO3S2. The van der Waals surface area contributed by atoms with Crippen LogP contribution in [-0.2, 0) is 9.59 Å². The molecule has 1 amide bonds. The average Bonchev–Trinajstić information content (AvgIpc) is 2.23. The molecule has 0 aromatic heterocycles. The van der Waals surface area contributed by atoms with Crippen molar-refractivity contribution in [1.29, 1.82) is 0 Å². The molecule has 0 aliphatic rings. The highest BCUT2D eigenvalue weighted by Crippen LogP contribution is 2.35. The molecule has 2 N–H and O–H groups in total. The Bertz CT molecular complexity index is 300. The minimum absolute atomic E-state index is 0.0700. The standard InChI is InChI=1S/C12H21NO3S2/c1-5-6-7-10(14)13-9(11(15)16)8-17-18-12(2,3)4/h5,9H,1,6-8H2,2-4H3,(H,13,14)(H,15,16). The predicted molar refractivity (Wildman–Crippen MR) is 78.8 cm³/mol.